The van der Waals surface area contributed by atoms with Gasteiger partial charge in [0, 0.05) is 55.8 Å². The molecule has 0 radical (unpaired) electrons. The number of halogens is 1. The molecule has 156 valence electrons. The quantitative estimate of drug-likeness (QED) is 0.493. The van der Waals surface area contributed by atoms with Crippen LogP contribution in [0.25, 0.3) is 11.0 Å². The van der Waals surface area contributed by atoms with E-state index in [4.69, 9.17) is 21.6 Å². The predicted molar refractivity (Wildman–Crippen MR) is 126 cm³/mol. The molecule has 1 aliphatic heterocycles. The van der Waals surface area contributed by atoms with Crippen LogP contribution in [0.2, 0.25) is 5.02 Å². The van der Waals surface area contributed by atoms with Gasteiger partial charge in [-0.05, 0) is 42.0 Å². The van der Waals surface area contributed by atoms with Gasteiger partial charge in [0.2, 0.25) is 0 Å². The average molecular weight is 431 g/mol. The average Bonchev–Trinajstić information content (AvgIpc) is 2.80. The van der Waals surface area contributed by atoms with Crippen LogP contribution in [0, 0.1) is 0 Å². The molecule has 1 aliphatic rings. The molecule has 0 spiro atoms. The summed E-state index contributed by atoms with van der Waals surface area (Å²) in [5, 5.41) is 4.22. The maximum Gasteiger partial charge on any atom is 0.174 e. The number of fused-ring (bicyclic) bond motifs is 1. The van der Waals surface area contributed by atoms with Crippen LogP contribution in [0.3, 0.4) is 0 Å². The number of rotatable bonds is 5. The summed E-state index contributed by atoms with van der Waals surface area (Å²) in [6, 6.07) is 20.0. The Labute approximate surface area is 186 Å². The summed E-state index contributed by atoms with van der Waals surface area (Å²) in [5.74, 6) is 1.66. The molecule has 31 heavy (non-hydrogen) atoms. The van der Waals surface area contributed by atoms with Crippen LogP contribution in [0.5, 0.6) is 0 Å². The molecule has 0 amide bonds. The van der Waals surface area contributed by atoms with Gasteiger partial charge in [-0.2, -0.15) is 0 Å². The maximum atomic E-state index is 6.14. The van der Waals surface area contributed by atoms with E-state index in [9.17, 15) is 0 Å². The zero-order chi connectivity index (χ0) is 21.0. The third-order valence-corrected chi connectivity index (χ3v) is 5.70. The topological polar surface area (TPSA) is 57.2 Å². The first kappa shape index (κ1) is 19.7. The van der Waals surface area contributed by atoms with Gasteiger partial charge in [0.25, 0.3) is 0 Å². The zero-order valence-electron chi connectivity index (χ0n) is 17.1. The zero-order valence-corrected chi connectivity index (χ0v) is 17.8. The number of aromatic nitrogens is 3. The summed E-state index contributed by atoms with van der Waals surface area (Å²) in [5.41, 5.74) is 3.97. The van der Waals surface area contributed by atoms with Crippen molar-refractivity contribution in [2.24, 2.45) is 0 Å². The first-order valence-corrected chi connectivity index (χ1v) is 10.8. The fourth-order valence-electron chi connectivity index (χ4n) is 3.88. The van der Waals surface area contributed by atoms with E-state index < -0.39 is 0 Å². The molecule has 3 heterocycles. The van der Waals surface area contributed by atoms with E-state index >= 15 is 0 Å². The third-order valence-electron chi connectivity index (χ3n) is 5.46. The fourth-order valence-corrected chi connectivity index (χ4v) is 4.09. The molecule has 2 aromatic heterocycles. The lowest BCUT2D eigenvalue weighted by atomic mass is 10.2. The van der Waals surface area contributed by atoms with Gasteiger partial charge in [0.15, 0.2) is 11.6 Å². The van der Waals surface area contributed by atoms with E-state index in [1.165, 1.54) is 5.56 Å². The Morgan fingerprint density at radius 2 is 1.58 bits per heavy atom. The molecule has 5 rings (SSSR count). The lowest BCUT2D eigenvalue weighted by Crippen LogP contribution is -2.46. The van der Waals surface area contributed by atoms with Crippen LogP contribution in [-0.4, -0.2) is 46.0 Å². The monoisotopic (exact) mass is 430 g/mol. The molecule has 0 unspecified atom stereocenters. The van der Waals surface area contributed by atoms with Crippen molar-refractivity contribution in [3.8, 4) is 0 Å². The van der Waals surface area contributed by atoms with Crippen molar-refractivity contribution < 1.29 is 0 Å². The molecule has 0 aliphatic carbocycles. The van der Waals surface area contributed by atoms with Gasteiger partial charge >= 0.3 is 0 Å². The highest BCUT2D eigenvalue weighted by atomic mass is 35.5. The molecule has 7 heteroatoms. The number of benzene rings is 2. The Kier molecular flexibility index (Phi) is 5.65. The number of piperazine rings is 1. The molecule has 0 saturated carbocycles. The summed E-state index contributed by atoms with van der Waals surface area (Å²) in [4.78, 5) is 18.7. The second-order valence-corrected chi connectivity index (χ2v) is 8.07. The van der Waals surface area contributed by atoms with Gasteiger partial charge in [-0.3, -0.25) is 9.88 Å². The molecule has 2 aromatic carbocycles. The Balaban J connectivity index is 1.37. The van der Waals surface area contributed by atoms with Crippen molar-refractivity contribution in [2.45, 2.75) is 6.54 Å². The highest BCUT2D eigenvalue weighted by Crippen LogP contribution is 2.28. The maximum absolute atomic E-state index is 6.14. The second-order valence-electron chi connectivity index (χ2n) is 7.64. The Morgan fingerprint density at radius 1 is 0.839 bits per heavy atom. The first-order valence-electron chi connectivity index (χ1n) is 10.4. The molecule has 1 N–H and O–H groups in total. The standard InChI is InChI=1S/C24H23ClN6/c25-19-5-3-4-18(16-19)17-30-12-14-31(15-13-30)24-23(27-20-8-10-26-11-9-20)28-21-6-1-2-7-22(21)29-24/h1-11,16H,12-15,17H2,(H,26,27,28). The Hall–Kier alpha value is -3.22. The largest absolute Gasteiger partial charge is 0.351 e. The summed E-state index contributed by atoms with van der Waals surface area (Å²) in [6.45, 7) is 4.59. The number of anilines is 3. The molecule has 1 saturated heterocycles. The van der Waals surface area contributed by atoms with E-state index in [1.54, 1.807) is 12.4 Å². The van der Waals surface area contributed by atoms with E-state index in [1.807, 2.05) is 54.6 Å². The van der Waals surface area contributed by atoms with Crippen molar-refractivity contribution in [1.82, 2.24) is 19.9 Å². The summed E-state index contributed by atoms with van der Waals surface area (Å²) >= 11 is 6.14. The van der Waals surface area contributed by atoms with E-state index in [0.29, 0.717) is 0 Å². The molecular weight excluding hydrogens is 408 g/mol. The van der Waals surface area contributed by atoms with Gasteiger partial charge in [-0.25, -0.2) is 9.97 Å². The molecule has 4 aromatic rings. The van der Waals surface area contributed by atoms with E-state index in [-0.39, 0.29) is 0 Å². The molecule has 0 atom stereocenters. The van der Waals surface area contributed by atoms with Crippen LogP contribution in [0.1, 0.15) is 5.56 Å². The van der Waals surface area contributed by atoms with E-state index in [0.717, 1.165) is 66.1 Å². The molecular formula is C24H23ClN6. The number of para-hydroxylation sites is 2. The summed E-state index contributed by atoms with van der Waals surface area (Å²) in [7, 11) is 0. The minimum absolute atomic E-state index is 0.771. The van der Waals surface area contributed by atoms with Crippen LogP contribution in [0.15, 0.2) is 73.1 Å². The number of nitrogens with one attached hydrogen (secondary N) is 1. The number of hydrogen-bond donors (Lipinski definition) is 1. The lowest BCUT2D eigenvalue weighted by Gasteiger charge is -2.36. The van der Waals surface area contributed by atoms with Crippen LogP contribution >= 0.6 is 11.6 Å². The van der Waals surface area contributed by atoms with Crippen LogP contribution in [0.4, 0.5) is 17.3 Å². The lowest BCUT2D eigenvalue weighted by molar-refractivity contribution is 0.249. The first-order chi connectivity index (χ1) is 15.2. The van der Waals surface area contributed by atoms with E-state index in [2.05, 4.69) is 26.2 Å². The highest BCUT2D eigenvalue weighted by molar-refractivity contribution is 6.30. The summed E-state index contributed by atoms with van der Waals surface area (Å²) < 4.78 is 0. The predicted octanol–water partition coefficient (Wildman–Crippen LogP) is 4.74. The number of nitrogens with zero attached hydrogens (tertiary/aromatic N) is 5. The normalized spacial score (nSPS) is 14.7. The summed E-state index contributed by atoms with van der Waals surface area (Å²) in [6.07, 6.45) is 3.54. The minimum Gasteiger partial charge on any atom is -0.351 e. The van der Waals surface area contributed by atoms with Gasteiger partial charge in [-0.15, -0.1) is 0 Å². The smallest absolute Gasteiger partial charge is 0.174 e. The van der Waals surface area contributed by atoms with Crippen molar-refractivity contribution in [3.63, 3.8) is 0 Å². The molecule has 6 nitrogen and oxygen atoms in total. The second kappa shape index (κ2) is 8.88. The van der Waals surface area contributed by atoms with Gasteiger partial charge in [-0.1, -0.05) is 35.9 Å². The molecule has 0 bridgehead atoms. The number of pyridine rings is 1. The van der Waals surface area contributed by atoms with Crippen LogP contribution in [-0.2, 0) is 6.54 Å². The number of hydrogen-bond acceptors (Lipinski definition) is 6. The van der Waals surface area contributed by atoms with Gasteiger partial charge < -0.3 is 10.2 Å². The SMILES string of the molecule is Clc1cccc(CN2CCN(c3nc4ccccc4nc3Nc3ccncc3)CC2)c1. The Bertz CT molecular complexity index is 1180. The van der Waals surface area contributed by atoms with Crippen LogP contribution < -0.4 is 10.2 Å². The van der Waals surface area contributed by atoms with Crippen molar-refractivity contribution in [1.29, 1.82) is 0 Å². The highest BCUT2D eigenvalue weighted by Gasteiger charge is 2.22. The van der Waals surface area contributed by atoms with Gasteiger partial charge in [0.05, 0.1) is 11.0 Å². The van der Waals surface area contributed by atoms with Crippen molar-refractivity contribution in [2.75, 3.05) is 36.4 Å². The fraction of sp³-hybridized carbons (Fsp3) is 0.208. The third kappa shape index (κ3) is 4.60. The van der Waals surface area contributed by atoms with Gasteiger partial charge in [0.1, 0.15) is 0 Å². The Morgan fingerprint density at radius 3 is 2.32 bits per heavy atom. The van der Waals surface area contributed by atoms with Crippen molar-refractivity contribution in [3.05, 3.63) is 83.6 Å². The van der Waals surface area contributed by atoms with Crippen molar-refractivity contribution >= 4 is 40.0 Å². The molecule has 1 fully saturated rings. The minimum atomic E-state index is 0.771.